The van der Waals surface area contributed by atoms with E-state index in [1.54, 1.807) is 26.0 Å². The van der Waals surface area contributed by atoms with Gasteiger partial charge in [0.2, 0.25) is 0 Å². The van der Waals surface area contributed by atoms with Crippen LogP contribution in [0.5, 0.6) is 0 Å². The number of rotatable bonds is 5. The zero-order valence-corrected chi connectivity index (χ0v) is 11.6. The molecule has 1 rings (SSSR count). The highest BCUT2D eigenvalue weighted by Gasteiger charge is 2.24. The molecule has 0 aromatic carbocycles. The number of aromatic nitrogens is 1. The van der Waals surface area contributed by atoms with Crippen molar-refractivity contribution in [1.29, 1.82) is 0 Å². The third-order valence-corrected chi connectivity index (χ3v) is 2.51. The maximum absolute atomic E-state index is 12.0. The number of nitrogens with zero attached hydrogens (tertiary/aromatic N) is 2. The zero-order valence-electron chi connectivity index (χ0n) is 11.6. The Kier molecular flexibility index (Phi) is 4.47. The molecule has 0 bridgehead atoms. The molecule has 19 heavy (non-hydrogen) atoms. The van der Waals surface area contributed by atoms with Gasteiger partial charge in [-0.15, -0.1) is 0 Å². The highest BCUT2D eigenvalue weighted by atomic mass is 16.4. The van der Waals surface area contributed by atoms with Gasteiger partial charge in [-0.1, -0.05) is 0 Å². The SMILES string of the molecule is CN(C)c1ccc(C(=O)NC(C)(C)CC(=O)O)cn1. The molecule has 1 heterocycles. The quantitative estimate of drug-likeness (QED) is 0.834. The molecule has 0 atom stereocenters. The summed E-state index contributed by atoms with van der Waals surface area (Å²) >= 11 is 0. The molecule has 0 radical (unpaired) electrons. The van der Waals surface area contributed by atoms with Crippen molar-refractivity contribution in [2.45, 2.75) is 25.8 Å². The number of nitrogens with one attached hydrogen (secondary N) is 1. The third-order valence-electron chi connectivity index (χ3n) is 2.51. The van der Waals surface area contributed by atoms with Crippen LogP contribution in [0.3, 0.4) is 0 Å². The van der Waals surface area contributed by atoms with Gasteiger partial charge in [-0.3, -0.25) is 9.59 Å². The van der Waals surface area contributed by atoms with Gasteiger partial charge in [-0.2, -0.15) is 0 Å². The van der Waals surface area contributed by atoms with Crippen molar-refractivity contribution in [3.63, 3.8) is 0 Å². The minimum atomic E-state index is -0.952. The lowest BCUT2D eigenvalue weighted by atomic mass is 10.0. The molecule has 0 unspecified atom stereocenters. The fraction of sp³-hybridized carbons (Fsp3) is 0.462. The molecule has 0 aliphatic carbocycles. The second-order valence-electron chi connectivity index (χ2n) is 5.21. The van der Waals surface area contributed by atoms with E-state index >= 15 is 0 Å². The van der Waals surface area contributed by atoms with Gasteiger partial charge in [0.15, 0.2) is 0 Å². The molecular weight excluding hydrogens is 246 g/mol. The number of hydrogen-bond donors (Lipinski definition) is 2. The summed E-state index contributed by atoms with van der Waals surface area (Å²) in [4.78, 5) is 28.6. The first-order chi connectivity index (χ1) is 8.71. The smallest absolute Gasteiger partial charge is 0.305 e. The van der Waals surface area contributed by atoms with E-state index in [0.29, 0.717) is 5.56 Å². The van der Waals surface area contributed by atoms with Gasteiger partial charge in [0, 0.05) is 25.8 Å². The van der Waals surface area contributed by atoms with Crippen LogP contribution < -0.4 is 10.2 Å². The first-order valence-electron chi connectivity index (χ1n) is 5.89. The van der Waals surface area contributed by atoms with Crippen LogP contribution in [0.15, 0.2) is 18.3 Å². The van der Waals surface area contributed by atoms with Crippen LogP contribution >= 0.6 is 0 Å². The van der Waals surface area contributed by atoms with Crippen molar-refractivity contribution >= 4 is 17.7 Å². The monoisotopic (exact) mass is 265 g/mol. The van der Waals surface area contributed by atoms with Gasteiger partial charge in [0.05, 0.1) is 12.0 Å². The van der Waals surface area contributed by atoms with Gasteiger partial charge in [-0.05, 0) is 26.0 Å². The van der Waals surface area contributed by atoms with Crippen molar-refractivity contribution in [2.75, 3.05) is 19.0 Å². The third kappa shape index (κ3) is 4.57. The van der Waals surface area contributed by atoms with E-state index < -0.39 is 11.5 Å². The summed E-state index contributed by atoms with van der Waals surface area (Å²) < 4.78 is 0. The molecule has 1 amide bonds. The van der Waals surface area contributed by atoms with Gasteiger partial charge >= 0.3 is 5.97 Å². The molecule has 1 aromatic rings. The van der Waals surface area contributed by atoms with E-state index in [1.165, 1.54) is 6.20 Å². The van der Waals surface area contributed by atoms with Gasteiger partial charge in [-0.25, -0.2) is 4.98 Å². The average molecular weight is 265 g/mol. The van der Waals surface area contributed by atoms with Crippen molar-refractivity contribution in [3.8, 4) is 0 Å². The Morgan fingerprint density at radius 3 is 2.42 bits per heavy atom. The number of carboxylic acid groups (broad SMARTS) is 1. The van der Waals surface area contributed by atoms with Crippen molar-refractivity contribution in [1.82, 2.24) is 10.3 Å². The second-order valence-corrected chi connectivity index (χ2v) is 5.21. The summed E-state index contributed by atoms with van der Waals surface area (Å²) in [5.74, 6) is -0.531. The normalized spacial score (nSPS) is 10.9. The van der Waals surface area contributed by atoms with Crippen LogP contribution in [-0.4, -0.2) is 41.6 Å². The van der Waals surface area contributed by atoms with Crippen LogP contribution in [0.2, 0.25) is 0 Å². The van der Waals surface area contributed by atoms with Gasteiger partial charge < -0.3 is 15.3 Å². The van der Waals surface area contributed by atoms with Crippen molar-refractivity contribution in [3.05, 3.63) is 23.9 Å². The second kappa shape index (κ2) is 5.69. The number of carbonyl (C=O) groups excluding carboxylic acids is 1. The van der Waals surface area contributed by atoms with E-state index in [-0.39, 0.29) is 12.3 Å². The van der Waals surface area contributed by atoms with Crippen LogP contribution in [0.1, 0.15) is 30.6 Å². The van der Waals surface area contributed by atoms with Crippen molar-refractivity contribution < 1.29 is 14.7 Å². The molecule has 0 aliphatic heterocycles. The molecule has 0 spiro atoms. The predicted octanol–water partition coefficient (Wildman–Crippen LogP) is 1.13. The Balaban J connectivity index is 2.75. The average Bonchev–Trinajstić information content (AvgIpc) is 2.26. The fourth-order valence-corrected chi connectivity index (χ4v) is 1.59. The summed E-state index contributed by atoms with van der Waals surface area (Å²) in [6, 6.07) is 3.40. The number of anilines is 1. The predicted molar refractivity (Wildman–Crippen MR) is 72.4 cm³/mol. The number of pyridine rings is 1. The van der Waals surface area contributed by atoms with Crippen LogP contribution in [-0.2, 0) is 4.79 Å². The Labute approximate surface area is 112 Å². The lowest BCUT2D eigenvalue weighted by molar-refractivity contribution is -0.138. The van der Waals surface area contributed by atoms with E-state index in [0.717, 1.165) is 5.82 Å². The number of amides is 1. The minimum Gasteiger partial charge on any atom is -0.481 e. The van der Waals surface area contributed by atoms with Gasteiger partial charge in [0.1, 0.15) is 5.82 Å². The summed E-state index contributed by atoms with van der Waals surface area (Å²) in [5.41, 5.74) is -0.396. The number of hydrogen-bond acceptors (Lipinski definition) is 4. The van der Waals surface area contributed by atoms with Crippen LogP contribution in [0.4, 0.5) is 5.82 Å². The molecule has 0 saturated carbocycles. The molecular formula is C13H19N3O3. The summed E-state index contributed by atoms with van der Waals surface area (Å²) in [6.07, 6.45) is 1.34. The Bertz CT molecular complexity index is 467. The largest absolute Gasteiger partial charge is 0.481 e. The van der Waals surface area contributed by atoms with Crippen molar-refractivity contribution in [2.24, 2.45) is 0 Å². The Morgan fingerprint density at radius 1 is 1.37 bits per heavy atom. The Hall–Kier alpha value is -2.11. The standard InChI is InChI=1S/C13H19N3O3/c1-13(2,7-11(17)18)15-12(19)9-5-6-10(14-8-9)16(3)4/h5-6,8H,7H2,1-4H3,(H,15,19)(H,17,18). The van der Waals surface area contributed by atoms with E-state index in [4.69, 9.17) is 5.11 Å². The molecule has 6 nitrogen and oxygen atoms in total. The maximum atomic E-state index is 12.0. The van der Waals surface area contributed by atoms with E-state index in [9.17, 15) is 9.59 Å². The number of aliphatic carboxylic acids is 1. The molecule has 0 saturated heterocycles. The molecule has 6 heteroatoms. The first kappa shape index (κ1) is 14.9. The molecule has 0 fully saturated rings. The fourth-order valence-electron chi connectivity index (χ4n) is 1.59. The topological polar surface area (TPSA) is 82.5 Å². The lowest BCUT2D eigenvalue weighted by Crippen LogP contribution is -2.44. The molecule has 104 valence electrons. The number of carbonyl (C=O) groups is 2. The molecule has 0 aliphatic rings. The number of carboxylic acids is 1. The van der Waals surface area contributed by atoms with Crippen LogP contribution in [0.25, 0.3) is 0 Å². The zero-order chi connectivity index (χ0) is 14.6. The Morgan fingerprint density at radius 2 is 2.00 bits per heavy atom. The molecule has 1 aromatic heterocycles. The van der Waals surface area contributed by atoms with E-state index in [1.807, 2.05) is 19.0 Å². The molecule has 2 N–H and O–H groups in total. The summed E-state index contributed by atoms with van der Waals surface area (Å²) in [5, 5.41) is 11.4. The van der Waals surface area contributed by atoms with Crippen LogP contribution in [0, 0.1) is 0 Å². The van der Waals surface area contributed by atoms with E-state index in [2.05, 4.69) is 10.3 Å². The van der Waals surface area contributed by atoms with Gasteiger partial charge in [0.25, 0.3) is 5.91 Å². The maximum Gasteiger partial charge on any atom is 0.305 e. The minimum absolute atomic E-state index is 0.137. The lowest BCUT2D eigenvalue weighted by Gasteiger charge is -2.24. The first-order valence-corrected chi connectivity index (χ1v) is 5.89. The highest BCUT2D eigenvalue weighted by Crippen LogP contribution is 2.12. The summed E-state index contributed by atoms with van der Waals surface area (Å²) in [6.45, 7) is 3.33. The summed E-state index contributed by atoms with van der Waals surface area (Å²) in [7, 11) is 3.72. The highest BCUT2D eigenvalue weighted by molar-refractivity contribution is 5.94.